The van der Waals surface area contributed by atoms with Gasteiger partial charge in [-0.2, -0.15) is 0 Å². The highest BCUT2D eigenvalue weighted by Gasteiger charge is 2.18. The second-order valence-electron chi connectivity index (χ2n) is 2.38. The predicted molar refractivity (Wildman–Crippen MR) is 43.6 cm³/mol. The molecule has 3 nitrogen and oxygen atoms in total. The molecule has 0 amide bonds. The third-order valence-corrected chi connectivity index (χ3v) is 1.66. The molecular weight excluding hydrogens is 178 g/mol. The van der Waals surface area contributed by atoms with Crippen molar-refractivity contribution < 1.29 is 13.5 Å². The number of hydrogen-bond donors (Lipinski definition) is 1. The van der Waals surface area contributed by atoms with Crippen LogP contribution in [-0.4, -0.2) is 12.1 Å². The fourth-order valence-corrected chi connectivity index (χ4v) is 1.07. The second kappa shape index (κ2) is 4.13. The number of pyridine rings is 1. The molecule has 1 aromatic rings. The van der Waals surface area contributed by atoms with E-state index in [1.807, 2.05) is 0 Å². The van der Waals surface area contributed by atoms with Gasteiger partial charge >= 0.3 is 0 Å². The van der Waals surface area contributed by atoms with Gasteiger partial charge in [0, 0.05) is 12.7 Å². The lowest BCUT2D eigenvalue weighted by Crippen LogP contribution is -2.06. The van der Waals surface area contributed by atoms with Gasteiger partial charge in [0.15, 0.2) is 0 Å². The van der Waals surface area contributed by atoms with E-state index in [1.165, 1.54) is 19.4 Å². The number of methoxy groups -OCH3 is 1. The van der Waals surface area contributed by atoms with E-state index in [-0.39, 0.29) is 23.6 Å². The standard InChI is InChI=1S/C8H10F2N2O/c1-13-6-2-3-12-5(4-11)7(6)8(9)10/h2-3,8H,4,11H2,1H3. The number of aromatic nitrogens is 1. The highest BCUT2D eigenvalue weighted by Crippen LogP contribution is 2.30. The number of nitrogens with zero attached hydrogens (tertiary/aromatic N) is 1. The Bertz CT molecular complexity index is 269. The topological polar surface area (TPSA) is 48.1 Å². The summed E-state index contributed by atoms with van der Waals surface area (Å²) in [6, 6.07) is 1.39. The molecule has 0 aromatic carbocycles. The van der Waals surface area contributed by atoms with E-state index < -0.39 is 6.43 Å². The van der Waals surface area contributed by atoms with Crippen molar-refractivity contribution in [2.24, 2.45) is 5.73 Å². The van der Waals surface area contributed by atoms with Crippen molar-refractivity contribution in [2.45, 2.75) is 13.0 Å². The van der Waals surface area contributed by atoms with Crippen LogP contribution in [0.4, 0.5) is 8.78 Å². The SMILES string of the molecule is COc1ccnc(CN)c1C(F)F. The van der Waals surface area contributed by atoms with Crippen LogP contribution in [0.1, 0.15) is 17.7 Å². The zero-order valence-corrected chi connectivity index (χ0v) is 7.13. The molecule has 1 rings (SSSR count). The van der Waals surface area contributed by atoms with Crippen LogP contribution in [0, 0.1) is 0 Å². The molecule has 0 spiro atoms. The van der Waals surface area contributed by atoms with Crippen molar-refractivity contribution in [2.75, 3.05) is 7.11 Å². The third kappa shape index (κ3) is 1.92. The minimum Gasteiger partial charge on any atom is -0.496 e. The van der Waals surface area contributed by atoms with E-state index in [1.54, 1.807) is 0 Å². The molecule has 0 bridgehead atoms. The summed E-state index contributed by atoms with van der Waals surface area (Å²) in [5.41, 5.74) is 5.22. The average molecular weight is 188 g/mol. The van der Waals surface area contributed by atoms with E-state index in [0.29, 0.717) is 0 Å². The maximum Gasteiger partial charge on any atom is 0.269 e. The summed E-state index contributed by atoms with van der Waals surface area (Å²) in [6.07, 6.45) is -1.21. The Hall–Kier alpha value is -1.23. The van der Waals surface area contributed by atoms with E-state index in [4.69, 9.17) is 10.5 Å². The quantitative estimate of drug-likeness (QED) is 0.781. The summed E-state index contributed by atoms with van der Waals surface area (Å²) in [4.78, 5) is 3.74. The van der Waals surface area contributed by atoms with E-state index in [9.17, 15) is 8.78 Å². The zero-order chi connectivity index (χ0) is 9.84. The molecule has 0 aliphatic carbocycles. The number of ether oxygens (including phenoxy) is 1. The van der Waals surface area contributed by atoms with E-state index >= 15 is 0 Å². The lowest BCUT2D eigenvalue weighted by molar-refractivity contribution is 0.145. The molecular formula is C8H10F2N2O. The highest BCUT2D eigenvalue weighted by molar-refractivity contribution is 5.36. The molecule has 0 aliphatic heterocycles. The van der Waals surface area contributed by atoms with Crippen LogP contribution in [0.2, 0.25) is 0 Å². The molecule has 72 valence electrons. The first-order valence-corrected chi connectivity index (χ1v) is 3.70. The Morgan fingerprint density at radius 3 is 2.77 bits per heavy atom. The summed E-state index contributed by atoms with van der Waals surface area (Å²) in [7, 11) is 1.33. The maximum atomic E-state index is 12.5. The lowest BCUT2D eigenvalue weighted by Gasteiger charge is -2.10. The lowest BCUT2D eigenvalue weighted by atomic mass is 10.2. The van der Waals surface area contributed by atoms with Crippen molar-refractivity contribution in [3.8, 4) is 5.75 Å². The fraction of sp³-hybridized carbons (Fsp3) is 0.375. The summed E-state index contributed by atoms with van der Waals surface area (Å²) in [6.45, 7) is -0.0170. The molecule has 2 N–H and O–H groups in total. The maximum absolute atomic E-state index is 12.5. The number of alkyl halides is 2. The molecule has 0 saturated heterocycles. The summed E-state index contributed by atoms with van der Waals surface area (Å²) < 4.78 is 29.7. The summed E-state index contributed by atoms with van der Waals surface area (Å²) >= 11 is 0. The molecule has 0 saturated carbocycles. The van der Waals surface area contributed by atoms with Crippen LogP contribution in [0.25, 0.3) is 0 Å². The van der Waals surface area contributed by atoms with Crippen LogP contribution >= 0.6 is 0 Å². The molecule has 5 heteroatoms. The largest absolute Gasteiger partial charge is 0.496 e. The molecule has 0 unspecified atom stereocenters. The third-order valence-electron chi connectivity index (χ3n) is 1.66. The minimum absolute atomic E-state index is 0.0170. The number of hydrogen-bond acceptors (Lipinski definition) is 3. The van der Waals surface area contributed by atoms with Gasteiger partial charge in [0.2, 0.25) is 0 Å². The molecule has 1 aromatic heterocycles. The predicted octanol–water partition coefficient (Wildman–Crippen LogP) is 1.49. The molecule has 0 atom stereocenters. The Morgan fingerprint density at radius 1 is 1.62 bits per heavy atom. The molecule has 1 heterocycles. The van der Waals surface area contributed by atoms with E-state index in [2.05, 4.69) is 4.98 Å². The van der Waals surface area contributed by atoms with Gasteiger partial charge in [0.25, 0.3) is 6.43 Å². The summed E-state index contributed by atoms with van der Waals surface area (Å²) in [5, 5.41) is 0. The first kappa shape index (κ1) is 9.85. The Balaban J connectivity index is 3.21. The van der Waals surface area contributed by atoms with Gasteiger partial charge in [-0.15, -0.1) is 0 Å². The van der Waals surface area contributed by atoms with Crippen LogP contribution in [0.3, 0.4) is 0 Å². The number of rotatable bonds is 3. The van der Waals surface area contributed by atoms with Gasteiger partial charge in [-0.25, -0.2) is 8.78 Å². The minimum atomic E-state index is -2.61. The average Bonchev–Trinajstić information content (AvgIpc) is 2.16. The molecule has 13 heavy (non-hydrogen) atoms. The van der Waals surface area contributed by atoms with Gasteiger partial charge in [0.1, 0.15) is 5.75 Å². The first-order valence-electron chi connectivity index (χ1n) is 3.70. The molecule has 0 aliphatic rings. The van der Waals surface area contributed by atoms with Crippen molar-refractivity contribution in [1.29, 1.82) is 0 Å². The van der Waals surface area contributed by atoms with Crippen molar-refractivity contribution in [1.82, 2.24) is 4.98 Å². The van der Waals surface area contributed by atoms with Crippen molar-refractivity contribution >= 4 is 0 Å². The fourth-order valence-electron chi connectivity index (χ4n) is 1.07. The van der Waals surface area contributed by atoms with Crippen molar-refractivity contribution in [3.05, 3.63) is 23.5 Å². The summed E-state index contributed by atoms with van der Waals surface area (Å²) in [5.74, 6) is 0.130. The molecule has 0 radical (unpaired) electrons. The van der Waals surface area contributed by atoms with Gasteiger partial charge in [-0.1, -0.05) is 0 Å². The Kier molecular flexibility index (Phi) is 3.13. The van der Waals surface area contributed by atoms with Gasteiger partial charge in [-0.05, 0) is 6.07 Å². The second-order valence-corrected chi connectivity index (χ2v) is 2.38. The smallest absolute Gasteiger partial charge is 0.269 e. The normalized spacial score (nSPS) is 10.5. The van der Waals surface area contributed by atoms with E-state index in [0.717, 1.165) is 0 Å². The zero-order valence-electron chi connectivity index (χ0n) is 7.13. The van der Waals surface area contributed by atoms with Gasteiger partial charge in [0.05, 0.1) is 18.4 Å². The first-order chi connectivity index (χ1) is 6.20. The van der Waals surface area contributed by atoms with Crippen LogP contribution in [-0.2, 0) is 6.54 Å². The van der Waals surface area contributed by atoms with Crippen LogP contribution < -0.4 is 10.5 Å². The molecule has 0 fully saturated rings. The highest BCUT2D eigenvalue weighted by atomic mass is 19.3. The van der Waals surface area contributed by atoms with Gasteiger partial charge in [-0.3, -0.25) is 4.98 Å². The number of nitrogens with two attached hydrogens (primary N) is 1. The van der Waals surface area contributed by atoms with Gasteiger partial charge < -0.3 is 10.5 Å². The Morgan fingerprint density at radius 2 is 2.31 bits per heavy atom. The monoisotopic (exact) mass is 188 g/mol. The Labute approximate surface area is 74.5 Å². The number of halogens is 2. The van der Waals surface area contributed by atoms with Crippen LogP contribution in [0.15, 0.2) is 12.3 Å². The van der Waals surface area contributed by atoms with Crippen LogP contribution in [0.5, 0.6) is 5.75 Å². The van der Waals surface area contributed by atoms with Crippen molar-refractivity contribution in [3.63, 3.8) is 0 Å².